The summed E-state index contributed by atoms with van der Waals surface area (Å²) in [5, 5.41) is 0. The summed E-state index contributed by atoms with van der Waals surface area (Å²) < 4.78 is 2.30. The van der Waals surface area contributed by atoms with Crippen LogP contribution >= 0.6 is 11.3 Å². The fraction of sp³-hybridized carbons (Fsp3) is 0.300. The third kappa shape index (κ3) is 1.65. The average Bonchev–Trinajstić information content (AvgIpc) is 2.70. The summed E-state index contributed by atoms with van der Waals surface area (Å²) in [6.45, 7) is 5.22. The molecule has 2 heterocycles. The second-order valence-corrected chi connectivity index (χ2v) is 4.14. The Labute approximate surface area is 81.9 Å². The Kier molecular flexibility index (Phi) is 2.19. The normalized spacial score (nSPS) is 10.6. The Morgan fingerprint density at radius 3 is 2.54 bits per heavy atom. The van der Waals surface area contributed by atoms with Gasteiger partial charge in [-0.25, -0.2) is 0 Å². The molecule has 0 aliphatic rings. The van der Waals surface area contributed by atoms with Crippen LogP contribution < -0.4 is 0 Å². The van der Waals surface area contributed by atoms with Crippen LogP contribution in [0.2, 0.25) is 0 Å². The maximum Gasteiger partial charge on any atom is 0.0794 e. The third-order valence-corrected chi connectivity index (χ3v) is 2.98. The molecule has 0 aliphatic heterocycles. The van der Waals surface area contributed by atoms with E-state index in [4.69, 9.17) is 0 Å². The van der Waals surface area contributed by atoms with Gasteiger partial charge >= 0.3 is 0 Å². The summed E-state index contributed by atoms with van der Waals surface area (Å²) in [7, 11) is 0. The molecule has 0 amide bonds. The van der Waals surface area contributed by atoms with Crippen LogP contribution in [0.5, 0.6) is 0 Å². The van der Waals surface area contributed by atoms with Crippen molar-refractivity contribution in [2.75, 3.05) is 0 Å². The molecule has 2 nitrogen and oxygen atoms in total. The second-order valence-electron chi connectivity index (χ2n) is 3.17. The number of thiazole rings is 1. The predicted octanol–water partition coefficient (Wildman–Crippen LogP) is 2.61. The summed E-state index contributed by atoms with van der Waals surface area (Å²) in [6.07, 6.45) is 1.93. The highest BCUT2D eigenvalue weighted by atomic mass is 32.1. The van der Waals surface area contributed by atoms with Crippen LogP contribution in [0.4, 0.5) is 0 Å². The summed E-state index contributed by atoms with van der Waals surface area (Å²) in [6, 6.07) is 4.30. The Morgan fingerprint density at radius 2 is 2.00 bits per heavy atom. The van der Waals surface area contributed by atoms with E-state index in [9.17, 15) is 0 Å². The quantitative estimate of drug-likeness (QED) is 0.715. The lowest BCUT2D eigenvalue weighted by Crippen LogP contribution is -2.01. The first-order chi connectivity index (χ1) is 6.27. The molecule has 0 aliphatic carbocycles. The van der Waals surface area contributed by atoms with Gasteiger partial charge in [0.05, 0.1) is 12.1 Å². The topological polar surface area (TPSA) is 17.8 Å². The number of rotatable bonds is 2. The first-order valence-corrected chi connectivity index (χ1v) is 5.15. The van der Waals surface area contributed by atoms with E-state index in [-0.39, 0.29) is 0 Å². The molecule has 68 valence electrons. The number of aromatic nitrogens is 2. The lowest BCUT2D eigenvalue weighted by Gasteiger charge is -2.06. The standard InChI is InChI=1S/C10H12N2S/c1-8-3-4-9(2)12(8)6-10-5-11-7-13-10/h3-5,7H,6H2,1-2H3. The number of hydrogen-bond acceptors (Lipinski definition) is 2. The van der Waals surface area contributed by atoms with Crippen molar-refractivity contribution < 1.29 is 0 Å². The van der Waals surface area contributed by atoms with Gasteiger partial charge in [-0.1, -0.05) is 0 Å². The second kappa shape index (κ2) is 3.34. The van der Waals surface area contributed by atoms with Crippen LogP contribution in [0.15, 0.2) is 23.8 Å². The van der Waals surface area contributed by atoms with Gasteiger partial charge in [-0.2, -0.15) is 0 Å². The van der Waals surface area contributed by atoms with Crippen LogP contribution in [-0.4, -0.2) is 9.55 Å². The van der Waals surface area contributed by atoms with E-state index in [0.717, 1.165) is 6.54 Å². The minimum absolute atomic E-state index is 0.954. The van der Waals surface area contributed by atoms with E-state index in [1.165, 1.54) is 16.3 Å². The molecule has 0 atom stereocenters. The first-order valence-electron chi connectivity index (χ1n) is 4.27. The highest BCUT2D eigenvalue weighted by Crippen LogP contribution is 2.13. The molecule has 0 aromatic carbocycles. The molecular formula is C10H12N2S. The monoisotopic (exact) mass is 192 g/mol. The fourth-order valence-corrected chi connectivity index (χ4v) is 2.01. The summed E-state index contributed by atoms with van der Waals surface area (Å²) >= 11 is 1.71. The maximum absolute atomic E-state index is 4.07. The maximum atomic E-state index is 4.07. The fourth-order valence-electron chi connectivity index (χ4n) is 1.42. The van der Waals surface area contributed by atoms with Gasteiger partial charge in [-0.05, 0) is 26.0 Å². The zero-order chi connectivity index (χ0) is 9.26. The molecule has 0 spiro atoms. The van der Waals surface area contributed by atoms with Crippen molar-refractivity contribution in [2.24, 2.45) is 0 Å². The zero-order valence-corrected chi connectivity index (χ0v) is 8.64. The molecule has 2 rings (SSSR count). The van der Waals surface area contributed by atoms with Crippen LogP contribution in [0.3, 0.4) is 0 Å². The number of hydrogen-bond donors (Lipinski definition) is 0. The van der Waals surface area contributed by atoms with Crippen molar-refractivity contribution >= 4 is 11.3 Å². The summed E-state index contributed by atoms with van der Waals surface area (Å²) in [5.41, 5.74) is 4.50. The van der Waals surface area contributed by atoms with Gasteiger partial charge in [-0.15, -0.1) is 11.3 Å². The van der Waals surface area contributed by atoms with Crippen molar-refractivity contribution in [1.29, 1.82) is 0 Å². The molecule has 2 aromatic heterocycles. The first kappa shape index (κ1) is 8.51. The Hall–Kier alpha value is -1.09. The molecule has 0 N–H and O–H groups in total. The van der Waals surface area contributed by atoms with E-state index >= 15 is 0 Å². The van der Waals surface area contributed by atoms with Crippen molar-refractivity contribution in [1.82, 2.24) is 9.55 Å². The zero-order valence-electron chi connectivity index (χ0n) is 7.82. The smallest absolute Gasteiger partial charge is 0.0794 e. The summed E-state index contributed by atoms with van der Waals surface area (Å²) in [4.78, 5) is 5.38. The van der Waals surface area contributed by atoms with Crippen molar-refractivity contribution in [3.05, 3.63) is 40.1 Å². The number of aryl methyl sites for hydroxylation is 2. The van der Waals surface area contributed by atoms with E-state index in [0.29, 0.717) is 0 Å². The predicted molar refractivity (Wildman–Crippen MR) is 55.1 cm³/mol. The van der Waals surface area contributed by atoms with Crippen molar-refractivity contribution in [2.45, 2.75) is 20.4 Å². The minimum Gasteiger partial charge on any atom is -0.344 e. The summed E-state index contributed by atoms with van der Waals surface area (Å²) in [5.74, 6) is 0. The molecule has 0 radical (unpaired) electrons. The van der Waals surface area contributed by atoms with Crippen LogP contribution in [0.25, 0.3) is 0 Å². The van der Waals surface area contributed by atoms with Crippen LogP contribution in [0, 0.1) is 13.8 Å². The Morgan fingerprint density at radius 1 is 1.31 bits per heavy atom. The van der Waals surface area contributed by atoms with Gasteiger partial charge in [0.25, 0.3) is 0 Å². The van der Waals surface area contributed by atoms with E-state index < -0.39 is 0 Å². The van der Waals surface area contributed by atoms with Gasteiger partial charge < -0.3 is 4.57 Å². The van der Waals surface area contributed by atoms with Crippen LogP contribution in [-0.2, 0) is 6.54 Å². The third-order valence-electron chi connectivity index (χ3n) is 2.21. The van der Waals surface area contributed by atoms with Crippen molar-refractivity contribution in [3.63, 3.8) is 0 Å². The molecule has 0 saturated heterocycles. The highest BCUT2D eigenvalue weighted by Gasteiger charge is 2.02. The van der Waals surface area contributed by atoms with Crippen molar-refractivity contribution in [3.8, 4) is 0 Å². The molecule has 0 fully saturated rings. The molecule has 0 unspecified atom stereocenters. The Bertz CT molecular complexity index is 367. The SMILES string of the molecule is Cc1ccc(C)n1Cc1cncs1. The molecule has 0 bridgehead atoms. The molecular weight excluding hydrogens is 180 g/mol. The van der Waals surface area contributed by atoms with Gasteiger partial charge in [-0.3, -0.25) is 4.98 Å². The lowest BCUT2D eigenvalue weighted by atomic mass is 10.4. The Balaban J connectivity index is 2.27. The lowest BCUT2D eigenvalue weighted by molar-refractivity contribution is 0.758. The van der Waals surface area contributed by atoms with E-state index in [2.05, 4.69) is 35.5 Å². The van der Waals surface area contributed by atoms with E-state index in [1.807, 2.05) is 11.7 Å². The molecule has 3 heteroatoms. The molecule has 0 saturated carbocycles. The molecule has 13 heavy (non-hydrogen) atoms. The van der Waals surface area contributed by atoms with Crippen LogP contribution in [0.1, 0.15) is 16.3 Å². The average molecular weight is 192 g/mol. The van der Waals surface area contributed by atoms with Gasteiger partial charge in [0.1, 0.15) is 0 Å². The van der Waals surface area contributed by atoms with Gasteiger partial charge in [0.15, 0.2) is 0 Å². The van der Waals surface area contributed by atoms with E-state index in [1.54, 1.807) is 11.3 Å². The molecule has 2 aromatic rings. The van der Waals surface area contributed by atoms with Gasteiger partial charge in [0, 0.05) is 22.5 Å². The number of nitrogens with zero attached hydrogens (tertiary/aromatic N) is 2. The largest absolute Gasteiger partial charge is 0.344 e. The van der Waals surface area contributed by atoms with Gasteiger partial charge in [0.2, 0.25) is 0 Å². The highest BCUT2D eigenvalue weighted by molar-refractivity contribution is 7.09. The minimum atomic E-state index is 0.954.